The number of rotatable bonds is 3. The van der Waals surface area contributed by atoms with Crippen molar-refractivity contribution < 1.29 is 0 Å². The van der Waals surface area contributed by atoms with E-state index in [1.165, 1.54) is 4.88 Å². The minimum atomic E-state index is 0.535. The van der Waals surface area contributed by atoms with E-state index in [0.29, 0.717) is 5.82 Å². The van der Waals surface area contributed by atoms with E-state index >= 15 is 0 Å². The summed E-state index contributed by atoms with van der Waals surface area (Å²) in [7, 11) is 0. The summed E-state index contributed by atoms with van der Waals surface area (Å²) in [6.07, 6.45) is 1.68. The van der Waals surface area contributed by atoms with E-state index in [1.807, 2.05) is 12.1 Å². The number of nitrogens with zero attached hydrogens (tertiary/aromatic N) is 1. The van der Waals surface area contributed by atoms with Crippen LogP contribution < -0.4 is 11.1 Å². The molecule has 0 atom stereocenters. The van der Waals surface area contributed by atoms with Crippen LogP contribution in [0.5, 0.6) is 0 Å². The maximum atomic E-state index is 5.71. The Kier molecular flexibility index (Phi) is 3.23. The molecule has 0 aliphatic carbocycles. The zero-order valence-corrected chi connectivity index (χ0v) is 10.3. The largest absolute Gasteiger partial charge is 0.382 e. The van der Waals surface area contributed by atoms with E-state index in [1.54, 1.807) is 17.5 Å². The van der Waals surface area contributed by atoms with E-state index in [-0.39, 0.29) is 0 Å². The van der Waals surface area contributed by atoms with Gasteiger partial charge in [0.15, 0.2) is 0 Å². The molecule has 0 saturated carbocycles. The minimum absolute atomic E-state index is 0.535. The van der Waals surface area contributed by atoms with Gasteiger partial charge in [-0.1, -0.05) is 0 Å². The fourth-order valence-corrected chi connectivity index (χ4v) is 2.59. The lowest BCUT2D eigenvalue weighted by Gasteiger charge is -2.06. The molecule has 2 heterocycles. The van der Waals surface area contributed by atoms with Crippen molar-refractivity contribution in [2.24, 2.45) is 0 Å². The van der Waals surface area contributed by atoms with E-state index in [0.717, 1.165) is 16.7 Å². The Labute approximate surface area is 100 Å². The van der Waals surface area contributed by atoms with Crippen molar-refractivity contribution in [3.05, 3.63) is 39.1 Å². The SMILES string of the molecule is Nc1ncccc1NCc1cc(Br)cs1. The second-order valence-corrected chi connectivity index (χ2v) is 4.93. The number of hydrogen-bond donors (Lipinski definition) is 2. The van der Waals surface area contributed by atoms with Crippen LogP contribution in [0.15, 0.2) is 34.2 Å². The predicted molar refractivity (Wildman–Crippen MR) is 68.0 cm³/mol. The summed E-state index contributed by atoms with van der Waals surface area (Å²) >= 11 is 5.12. The molecule has 0 aliphatic rings. The molecule has 0 aliphatic heterocycles. The van der Waals surface area contributed by atoms with E-state index < -0.39 is 0 Å². The van der Waals surface area contributed by atoms with Gasteiger partial charge in [0, 0.05) is 27.5 Å². The Hall–Kier alpha value is -1.07. The second-order valence-electron chi connectivity index (χ2n) is 3.02. The molecule has 2 rings (SSSR count). The van der Waals surface area contributed by atoms with E-state index in [9.17, 15) is 0 Å². The van der Waals surface area contributed by atoms with Crippen LogP contribution in [0.4, 0.5) is 11.5 Å². The molecular formula is C10H10BrN3S. The monoisotopic (exact) mass is 283 g/mol. The molecule has 0 spiro atoms. The van der Waals surface area contributed by atoms with Gasteiger partial charge < -0.3 is 11.1 Å². The summed E-state index contributed by atoms with van der Waals surface area (Å²) in [6, 6.07) is 5.87. The highest BCUT2D eigenvalue weighted by Gasteiger charge is 2.00. The van der Waals surface area contributed by atoms with Gasteiger partial charge in [-0.15, -0.1) is 11.3 Å². The van der Waals surface area contributed by atoms with Crippen LogP contribution in [0, 0.1) is 0 Å². The number of nitrogens with two attached hydrogens (primary N) is 1. The fourth-order valence-electron chi connectivity index (χ4n) is 1.20. The number of thiophene rings is 1. The molecule has 5 heteroatoms. The summed E-state index contributed by atoms with van der Waals surface area (Å²) in [4.78, 5) is 5.26. The van der Waals surface area contributed by atoms with Crippen LogP contribution in [0.3, 0.4) is 0 Å². The van der Waals surface area contributed by atoms with Gasteiger partial charge in [0.05, 0.1) is 5.69 Å². The first kappa shape index (κ1) is 10.4. The van der Waals surface area contributed by atoms with Crippen LogP contribution in [-0.4, -0.2) is 4.98 Å². The summed E-state index contributed by atoms with van der Waals surface area (Å²) in [6.45, 7) is 0.770. The highest BCUT2D eigenvalue weighted by atomic mass is 79.9. The van der Waals surface area contributed by atoms with E-state index in [4.69, 9.17) is 5.73 Å². The molecule has 15 heavy (non-hydrogen) atoms. The van der Waals surface area contributed by atoms with Gasteiger partial charge in [0.1, 0.15) is 5.82 Å². The molecule has 3 nitrogen and oxygen atoms in total. The molecule has 2 aromatic rings. The highest BCUT2D eigenvalue weighted by Crippen LogP contribution is 2.21. The van der Waals surface area contributed by atoms with E-state index in [2.05, 4.69) is 37.7 Å². The third kappa shape index (κ3) is 2.70. The molecular weight excluding hydrogens is 274 g/mol. The summed E-state index contributed by atoms with van der Waals surface area (Å²) in [5, 5.41) is 5.30. The first-order valence-corrected chi connectivity index (χ1v) is 6.10. The maximum absolute atomic E-state index is 5.71. The molecule has 0 fully saturated rings. The standard InChI is InChI=1S/C10H10BrN3S/c11-7-4-8(15-6-7)5-14-9-2-1-3-13-10(9)12/h1-4,6,14H,5H2,(H2,12,13). The first-order chi connectivity index (χ1) is 7.25. The molecule has 0 aromatic carbocycles. The maximum Gasteiger partial charge on any atom is 0.146 e. The topological polar surface area (TPSA) is 50.9 Å². The average molecular weight is 284 g/mol. The lowest BCUT2D eigenvalue weighted by atomic mass is 10.3. The highest BCUT2D eigenvalue weighted by molar-refractivity contribution is 9.10. The van der Waals surface area contributed by atoms with Crippen LogP contribution in [-0.2, 0) is 6.54 Å². The summed E-state index contributed by atoms with van der Waals surface area (Å²) < 4.78 is 1.11. The Morgan fingerprint density at radius 1 is 1.53 bits per heavy atom. The van der Waals surface area contributed by atoms with Crippen molar-refractivity contribution in [3.8, 4) is 0 Å². The van der Waals surface area contributed by atoms with Crippen LogP contribution >= 0.6 is 27.3 Å². The number of aromatic nitrogens is 1. The number of pyridine rings is 1. The minimum Gasteiger partial charge on any atom is -0.382 e. The van der Waals surface area contributed by atoms with Gasteiger partial charge in [0.25, 0.3) is 0 Å². The lowest BCUT2D eigenvalue weighted by molar-refractivity contribution is 1.18. The van der Waals surface area contributed by atoms with Crippen molar-refractivity contribution in [1.82, 2.24) is 4.98 Å². The molecule has 0 radical (unpaired) electrons. The van der Waals surface area contributed by atoms with Gasteiger partial charge in [0.2, 0.25) is 0 Å². The van der Waals surface area contributed by atoms with Gasteiger partial charge in [-0.2, -0.15) is 0 Å². The molecule has 0 saturated heterocycles. The van der Waals surface area contributed by atoms with Gasteiger partial charge >= 0.3 is 0 Å². The fraction of sp³-hybridized carbons (Fsp3) is 0.100. The summed E-state index contributed by atoms with van der Waals surface area (Å²) in [5.41, 5.74) is 6.59. The van der Waals surface area contributed by atoms with Gasteiger partial charge in [-0.3, -0.25) is 0 Å². The quantitative estimate of drug-likeness (QED) is 0.910. The van der Waals surface area contributed by atoms with Crippen molar-refractivity contribution in [2.45, 2.75) is 6.54 Å². The Morgan fingerprint density at radius 3 is 3.07 bits per heavy atom. The third-order valence-corrected chi connectivity index (χ3v) is 3.61. The Balaban J connectivity index is 2.02. The summed E-state index contributed by atoms with van der Waals surface area (Å²) in [5.74, 6) is 0.535. The van der Waals surface area contributed by atoms with Crippen LogP contribution in [0.25, 0.3) is 0 Å². The van der Waals surface area contributed by atoms with Crippen molar-refractivity contribution >= 4 is 38.8 Å². The molecule has 0 bridgehead atoms. The van der Waals surface area contributed by atoms with Crippen LogP contribution in [0.1, 0.15) is 4.88 Å². The lowest BCUT2D eigenvalue weighted by Crippen LogP contribution is -2.02. The zero-order valence-electron chi connectivity index (χ0n) is 7.90. The Morgan fingerprint density at radius 2 is 2.40 bits per heavy atom. The molecule has 78 valence electrons. The smallest absolute Gasteiger partial charge is 0.146 e. The molecule has 3 N–H and O–H groups in total. The third-order valence-electron chi connectivity index (χ3n) is 1.91. The number of nitrogen functional groups attached to an aromatic ring is 1. The first-order valence-electron chi connectivity index (χ1n) is 4.43. The van der Waals surface area contributed by atoms with Gasteiger partial charge in [-0.25, -0.2) is 4.98 Å². The average Bonchev–Trinajstić information content (AvgIpc) is 2.63. The predicted octanol–water partition coefficient (Wildman–Crippen LogP) is 3.10. The second kappa shape index (κ2) is 4.63. The number of halogens is 1. The molecule has 0 unspecified atom stereocenters. The number of nitrogens with one attached hydrogen (secondary N) is 1. The number of hydrogen-bond acceptors (Lipinski definition) is 4. The molecule has 2 aromatic heterocycles. The van der Waals surface area contributed by atoms with Crippen molar-refractivity contribution in [1.29, 1.82) is 0 Å². The van der Waals surface area contributed by atoms with Crippen molar-refractivity contribution in [3.63, 3.8) is 0 Å². The Bertz CT molecular complexity index is 455. The molecule has 0 amide bonds. The normalized spacial score (nSPS) is 10.2. The van der Waals surface area contributed by atoms with Crippen LogP contribution in [0.2, 0.25) is 0 Å². The van der Waals surface area contributed by atoms with Crippen molar-refractivity contribution in [2.75, 3.05) is 11.1 Å². The number of anilines is 2. The van der Waals surface area contributed by atoms with Gasteiger partial charge in [-0.05, 0) is 34.1 Å². The zero-order chi connectivity index (χ0) is 10.7.